The molecule has 7 heteroatoms. The lowest BCUT2D eigenvalue weighted by Crippen LogP contribution is -2.37. The number of carbonyl (C=O) groups excluding carboxylic acids is 1. The Morgan fingerprint density at radius 3 is 3.00 bits per heavy atom. The Bertz CT molecular complexity index is 367. The number of ether oxygens (including phenoxy) is 1. The molecule has 1 aliphatic rings. The minimum atomic E-state index is -0.283. The number of hydrogen-bond acceptors (Lipinski definition) is 6. The zero-order valence-corrected chi connectivity index (χ0v) is 9.08. The molecule has 0 bridgehead atoms. The highest BCUT2D eigenvalue weighted by Gasteiger charge is 2.31. The third-order valence-electron chi connectivity index (χ3n) is 2.22. The first kappa shape index (κ1) is 10.5. The Morgan fingerprint density at radius 2 is 2.47 bits per heavy atom. The first-order chi connectivity index (χ1) is 7.16. The van der Waals surface area contributed by atoms with Crippen LogP contribution in [0.2, 0.25) is 0 Å². The lowest BCUT2D eigenvalue weighted by Gasteiger charge is -2.10. The third kappa shape index (κ3) is 2.31. The molecule has 1 amide bonds. The van der Waals surface area contributed by atoms with Crippen LogP contribution in [0.5, 0.6) is 0 Å². The highest BCUT2D eigenvalue weighted by atomic mass is 32.1. The Hall–Kier alpha value is -1.05. The van der Waals surface area contributed by atoms with Crippen LogP contribution >= 0.6 is 11.5 Å². The van der Waals surface area contributed by atoms with E-state index in [1.54, 1.807) is 6.92 Å². The summed E-state index contributed by atoms with van der Waals surface area (Å²) in [6.07, 6.45) is 0. The van der Waals surface area contributed by atoms with E-state index in [2.05, 4.69) is 14.7 Å². The molecule has 1 aromatic rings. The third-order valence-corrected chi connectivity index (χ3v) is 2.94. The number of amides is 1. The fraction of sp³-hybridized carbons (Fsp3) is 0.625. The Balaban J connectivity index is 1.97. The van der Waals surface area contributed by atoms with Gasteiger partial charge in [-0.1, -0.05) is 0 Å². The number of aromatic nitrogens is 2. The van der Waals surface area contributed by atoms with E-state index in [1.807, 2.05) is 0 Å². The molecule has 0 aromatic carbocycles. The van der Waals surface area contributed by atoms with E-state index in [0.29, 0.717) is 24.2 Å². The van der Waals surface area contributed by atoms with Gasteiger partial charge in [0.15, 0.2) is 0 Å². The summed E-state index contributed by atoms with van der Waals surface area (Å²) in [5, 5.41) is 3.19. The van der Waals surface area contributed by atoms with Crippen molar-refractivity contribution in [2.24, 2.45) is 11.7 Å². The van der Waals surface area contributed by atoms with Gasteiger partial charge in [-0.25, -0.2) is 4.98 Å². The molecule has 1 fully saturated rings. The number of nitrogens with zero attached hydrogens (tertiary/aromatic N) is 2. The smallest absolute Gasteiger partial charge is 0.233 e. The van der Waals surface area contributed by atoms with Crippen molar-refractivity contribution in [1.82, 2.24) is 9.36 Å². The van der Waals surface area contributed by atoms with Gasteiger partial charge >= 0.3 is 0 Å². The highest BCUT2D eigenvalue weighted by Crippen LogP contribution is 2.16. The zero-order chi connectivity index (χ0) is 10.8. The summed E-state index contributed by atoms with van der Waals surface area (Å²) in [6, 6.07) is -0.223. The van der Waals surface area contributed by atoms with Crippen molar-refractivity contribution in [3.8, 4) is 0 Å². The summed E-state index contributed by atoms with van der Waals surface area (Å²) in [4.78, 5) is 15.7. The first-order valence-electron chi connectivity index (χ1n) is 4.61. The fourth-order valence-corrected chi connectivity index (χ4v) is 1.97. The number of nitrogens with one attached hydrogen (secondary N) is 1. The predicted molar refractivity (Wildman–Crippen MR) is 55.6 cm³/mol. The number of rotatable bonds is 2. The Labute approximate surface area is 91.0 Å². The van der Waals surface area contributed by atoms with Crippen molar-refractivity contribution in [3.05, 3.63) is 5.82 Å². The molecule has 2 atom stereocenters. The first-order valence-corrected chi connectivity index (χ1v) is 5.38. The molecule has 2 heterocycles. The van der Waals surface area contributed by atoms with E-state index in [-0.39, 0.29) is 17.9 Å². The van der Waals surface area contributed by atoms with Crippen molar-refractivity contribution in [3.63, 3.8) is 0 Å². The van der Waals surface area contributed by atoms with Gasteiger partial charge in [0.2, 0.25) is 11.0 Å². The lowest BCUT2D eigenvalue weighted by molar-refractivity contribution is -0.120. The van der Waals surface area contributed by atoms with Crippen LogP contribution in [0.25, 0.3) is 0 Å². The molecule has 0 radical (unpaired) electrons. The lowest BCUT2D eigenvalue weighted by atomic mass is 10.0. The van der Waals surface area contributed by atoms with E-state index in [9.17, 15) is 4.79 Å². The zero-order valence-electron chi connectivity index (χ0n) is 8.27. The van der Waals surface area contributed by atoms with Crippen LogP contribution < -0.4 is 11.1 Å². The van der Waals surface area contributed by atoms with Crippen molar-refractivity contribution in [2.75, 3.05) is 18.5 Å². The second-order valence-electron chi connectivity index (χ2n) is 3.44. The number of aryl methyl sites for hydroxylation is 1. The standard InChI is InChI=1S/C8H12N4O2S/c1-4-10-8(15-12-4)11-7(13)5-2-14-3-6(5)9/h5-6H,2-3,9H2,1H3,(H,10,11,12,13). The monoisotopic (exact) mass is 228 g/mol. The van der Waals surface area contributed by atoms with Crippen LogP contribution in [0.4, 0.5) is 5.13 Å². The second kappa shape index (κ2) is 4.21. The van der Waals surface area contributed by atoms with Gasteiger partial charge in [-0.3, -0.25) is 4.79 Å². The normalized spacial score (nSPS) is 25.5. The fourth-order valence-electron chi connectivity index (χ4n) is 1.39. The minimum absolute atomic E-state index is 0.142. The summed E-state index contributed by atoms with van der Waals surface area (Å²) < 4.78 is 9.08. The molecule has 3 N–H and O–H groups in total. The largest absolute Gasteiger partial charge is 0.379 e. The minimum Gasteiger partial charge on any atom is -0.379 e. The molecule has 1 saturated heterocycles. The molecule has 2 rings (SSSR count). The molecular weight excluding hydrogens is 216 g/mol. The van der Waals surface area contributed by atoms with Gasteiger partial charge in [0, 0.05) is 17.6 Å². The quantitative estimate of drug-likeness (QED) is 0.729. The van der Waals surface area contributed by atoms with Crippen molar-refractivity contribution >= 4 is 22.6 Å². The van der Waals surface area contributed by atoms with Crippen molar-refractivity contribution in [1.29, 1.82) is 0 Å². The Kier molecular flexibility index (Phi) is 2.94. The average molecular weight is 228 g/mol. The number of anilines is 1. The molecule has 1 aromatic heterocycles. The highest BCUT2D eigenvalue weighted by molar-refractivity contribution is 7.09. The summed E-state index contributed by atoms with van der Waals surface area (Å²) in [5.74, 6) is 0.229. The molecule has 82 valence electrons. The van der Waals surface area contributed by atoms with Crippen LogP contribution in [-0.4, -0.2) is 34.5 Å². The molecular formula is C8H12N4O2S. The van der Waals surface area contributed by atoms with E-state index in [0.717, 1.165) is 11.5 Å². The maximum atomic E-state index is 11.7. The molecule has 1 aliphatic heterocycles. The second-order valence-corrected chi connectivity index (χ2v) is 4.20. The number of nitrogens with two attached hydrogens (primary N) is 1. The van der Waals surface area contributed by atoms with Gasteiger partial charge < -0.3 is 15.8 Å². The van der Waals surface area contributed by atoms with E-state index < -0.39 is 0 Å². The summed E-state index contributed by atoms with van der Waals surface area (Å²) in [5.41, 5.74) is 5.72. The van der Waals surface area contributed by atoms with Crippen LogP contribution in [0.3, 0.4) is 0 Å². The van der Waals surface area contributed by atoms with Gasteiger partial charge in [0.05, 0.1) is 19.1 Å². The van der Waals surface area contributed by atoms with Gasteiger partial charge in [-0.15, -0.1) is 0 Å². The maximum Gasteiger partial charge on any atom is 0.233 e. The van der Waals surface area contributed by atoms with Gasteiger partial charge in [0.1, 0.15) is 5.82 Å². The van der Waals surface area contributed by atoms with E-state index >= 15 is 0 Å². The van der Waals surface area contributed by atoms with Crippen LogP contribution in [-0.2, 0) is 9.53 Å². The average Bonchev–Trinajstić information content (AvgIpc) is 2.75. The van der Waals surface area contributed by atoms with Crippen molar-refractivity contribution in [2.45, 2.75) is 13.0 Å². The molecule has 0 spiro atoms. The SMILES string of the molecule is Cc1nsc(NC(=O)C2COCC2N)n1. The van der Waals surface area contributed by atoms with E-state index in [1.165, 1.54) is 0 Å². The van der Waals surface area contributed by atoms with Gasteiger partial charge in [-0.05, 0) is 6.92 Å². The molecule has 15 heavy (non-hydrogen) atoms. The number of carbonyl (C=O) groups is 1. The molecule has 6 nitrogen and oxygen atoms in total. The molecule has 2 unspecified atom stereocenters. The van der Waals surface area contributed by atoms with Crippen molar-refractivity contribution < 1.29 is 9.53 Å². The molecule has 0 saturated carbocycles. The summed E-state index contributed by atoms with van der Waals surface area (Å²) in [7, 11) is 0. The van der Waals surface area contributed by atoms with E-state index in [4.69, 9.17) is 10.5 Å². The van der Waals surface area contributed by atoms with Crippen LogP contribution in [0.15, 0.2) is 0 Å². The predicted octanol–water partition coefficient (Wildman–Crippen LogP) is -0.241. The van der Waals surface area contributed by atoms with Gasteiger partial charge in [-0.2, -0.15) is 4.37 Å². The number of hydrogen-bond donors (Lipinski definition) is 2. The maximum absolute atomic E-state index is 11.7. The Morgan fingerprint density at radius 1 is 1.67 bits per heavy atom. The summed E-state index contributed by atoms with van der Waals surface area (Å²) in [6.45, 7) is 2.59. The molecule has 0 aliphatic carbocycles. The van der Waals surface area contributed by atoms with Gasteiger partial charge in [0.25, 0.3) is 0 Å². The topological polar surface area (TPSA) is 90.1 Å². The van der Waals surface area contributed by atoms with Crippen LogP contribution in [0.1, 0.15) is 5.82 Å². The summed E-state index contributed by atoms with van der Waals surface area (Å²) >= 11 is 1.16. The van der Waals surface area contributed by atoms with Crippen LogP contribution in [0, 0.1) is 12.8 Å².